The summed E-state index contributed by atoms with van der Waals surface area (Å²) < 4.78 is 13.2. The van der Waals surface area contributed by atoms with Crippen molar-refractivity contribution < 1.29 is 14.3 Å². The Morgan fingerprint density at radius 2 is 1.50 bits per heavy atom. The molecule has 3 nitrogen and oxygen atoms in total. The van der Waals surface area contributed by atoms with Gasteiger partial charge in [-0.05, 0) is 47.2 Å². The summed E-state index contributed by atoms with van der Waals surface area (Å²) in [6.07, 6.45) is 0. The van der Waals surface area contributed by atoms with Crippen LogP contribution in [0.5, 0.6) is 0 Å². The fraction of sp³-hybridized carbons (Fsp3) is 0. The lowest BCUT2D eigenvalue weighted by molar-refractivity contribution is 0.0697. The second kappa shape index (κ2) is 4.42. The van der Waals surface area contributed by atoms with Crippen LogP contribution in [0.25, 0.3) is 21.5 Å². The maximum atomic E-state index is 13.2. The Morgan fingerprint density at radius 1 is 0.900 bits per heavy atom. The number of carbonyl (C=O) groups is 1. The molecule has 3 aromatic rings. The average molecular weight is 268 g/mol. The molecule has 4 heteroatoms. The van der Waals surface area contributed by atoms with E-state index in [2.05, 4.69) is 0 Å². The predicted octanol–water partition coefficient (Wildman–Crippen LogP) is 3.19. The highest BCUT2D eigenvalue weighted by atomic mass is 19.1. The quantitative estimate of drug-likeness (QED) is 0.737. The van der Waals surface area contributed by atoms with Gasteiger partial charge in [0.2, 0.25) is 0 Å². The van der Waals surface area contributed by atoms with Gasteiger partial charge in [-0.3, -0.25) is 4.79 Å². The van der Waals surface area contributed by atoms with Crippen molar-refractivity contribution >= 4 is 27.5 Å². The second-order valence-electron chi connectivity index (χ2n) is 4.50. The molecule has 0 saturated carbocycles. The van der Waals surface area contributed by atoms with Crippen LogP contribution in [0.15, 0.2) is 53.3 Å². The molecule has 98 valence electrons. The van der Waals surface area contributed by atoms with E-state index < -0.39 is 11.8 Å². The van der Waals surface area contributed by atoms with Gasteiger partial charge in [-0.1, -0.05) is 12.1 Å². The van der Waals surface area contributed by atoms with Gasteiger partial charge in [0.05, 0.1) is 5.56 Å². The number of benzene rings is 2. The molecular weight excluding hydrogens is 259 g/mol. The van der Waals surface area contributed by atoms with Crippen LogP contribution in [0.3, 0.4) is 0 Å². The zero-order valence-electron chi connectivity index (χ0n) is 10.3. The van der Waals surface area contributed by atoms with Crippen molar-refractivity contribution in [3.05, 3.63) is 70.1 Å². The van der Waals surface area contributed by atoms with Crippen LogP contribution in [0.4, 0.5) is 4.39 Å². The highest BCUT2D eigenvalue weighted by Crippen LogP contribution is 2.17. The molecule has 0 aromatic heterocycles. The van der Waals surface area contributed by atoms with E-state index in [4.69, 9.17) is 5.11 Å². The van der Waals surface area contributed by atoms with Gasteiger partial charge < -0.3 is 5.11 Å². The van der Waals surface area contributed by atoms with Crippen LogP contribution in [-0.4, -0.2) is 11.1 Å². The van der Waals surface area contributed by atoms with Gasteiger partial charge in [0.15, 0.2) is 5.43 Å². The van der Waals surface area contributed by atoms with E-state index in [9.17, 15) is 14.0 Å². The number of fused-ring (bicyclic) bond motifs is 2. The van der Waals surface area contributed by atoms with Gasteiger partial charge in [-0.15, -0.1) is 0 Å². The van der Waals surface area contributed by atoms with E-state index in [0.717, 1.165) is 0 Å². The van der Waals surface area contributed by atoms with Crippen molar-refractivity contribution in [2.45, 2.75) is 0 Å². The minimum Gasteiger partial charge on any atom is -0.478 e. The molecule has 0 unspecified atom stereocenters. The number of aromatic carboxylic acids is 1. The van der Waals surface area contributed by atoms with Crippen molar-refractivity contribution in [3.8, 4) is 0 Å². The number of carboxylic acids is 1. The maximum absolute atomic E-state index is 13.2. The van der Waals surface area contributed by atoms with Crippen molar-refractivity contribution in [1.82, 2.24) is 0 Å². The molecule has 20 heavy (non-hydrogen) atoms. The summed E-state index contributed by atoms with van der Waals surface area (Å²) in [7, 11) is 0. The third-order valence-electron chi connectivity index (χ3n) is 3.24. The van der Waals surface area contributed by atoms with Crippen molar-refractivity contribution in [2.24, 2.45) is 0 Å². The Balaban J connectivity index is 2.49. The minimum atomic E-state index is -1.05. The molecule has 0 bridgehead atoms. The third-order valence-corrected chi connectivity index (χ3v) is 3.24. The molecule has 0 aliphatic heterocycles. The summed E-state index contributed by atoms with van der Waals surface area (Å²) in [5.74, 6) is -1.47. The molecule has 0 aliphatic rings. The van der Waals surface area contributed by atoms with Crippen LogP contribution >= 0.6 is 0 Å². The van der Waals surface area contributed by atoms with Crippen LogP contribution < -0.4 is 5.43 Å². The molecule has 3 aromatic carbocycles. The standard InChI is InChI=1S/C16H9FO3/c17-12-4-6-14-10(8-12)2-1-9-7-11(16(19)20)3-5-13(9)15(14)18/h1-8H,(H,19,20). The lowest BCUT2D eigenvalue weighted by Gasteiger charge is -1.95. The fourth-order valence-electron chi connectivity index (χ4n) is 2.24. The Hall–Kier alpha value is -2.75. The topological polar surface area (TPSA) is 54.4 Å². The minimum absolute atomic E-state index is 0.110. The van der Waals surface area contributed by atoms with Gasteiger partial charge in [0.1, 0.15) is 5.82 Å². The van der Waals surface area contributed by atoms with Crippen molar-refractivity contribution in [2.75, 3.05) is 0 Å². The second-order valence-corrected chi connectivity index (χ2v) is 4.50. The predicted molar refractivity (Wildman–Crippen MR) is 74.6 cm³/mol. The normalized spacial score (nSPS) is 10.8. The van der Waals surface area contributed by atoms with Gasteiger partial charge in [-0.2, -0.15) is 0 Å². The van der Waals surface area contributed by atoms with Gasteiger partial charge in [0, 0.05) is 10.8 Å². The number of halogens is 1. The van der Waals surface area contributed by atoms with Crippen molar-refractivity contribution in [1.29, 1.82) is 0 Å². The third kappa shape index (κ3) is 1.91. The summed E-state index contributed by atoms with van der Waals surface area (Å²) >= 11 is 0. The highest BCUT2D eigenvalue weighted by Gasteiger charge is 2.07. The monoisotopic (exact) mass is 268 g/mol. The van der Waals surface area contributed by atoms with E-state index in [0.29, 0.717) is 21.5 Å². The van der Waals surface area contributed by atoms with Gasteiger partial charge in [0.25, 0.3) is 0 Å². The smallest absolute Gasteiger partial charge is 0.335 e. The Morgan fingerprint density at radius 3 is 2.15 bits per heavy atom. The molecule has 0 aliphatic carbocycles. The van der Waals surface area contributed by atoms with Gasteiger partial charge >= 0.3 is 5.97 Å². The van der Waals surface area contributed by atoms with Crippen LogP contribution in [-0.2, 0) is 0 Å². The van der Waals surface area contributed by atoms with E-state index >= 15 is 0 Å². The maximum Gasteiger partial charge on any atom is 0.335 e. The first-order valence-electron chi connectivity index (χ1n) is 5.96. The lowest BCUT2D eigenvalue weighted by atomic mass is 10.1. The van der Waals surface area contributed by atoms with E-state index in [1.54, 1.807) is 12.1 Å². The Labute approximate surface area is 112 Å². The zero-order valence-corrected chi connectivity index (χ0v) is 10.3. The lowest BCUT2D eigenvalue weighted by Crippen LogP contribution is -2.00. The highest BCUT2D eigenvalue weighted by molar-refractivity contribution is 5.97. The molecule has 1 N–H and O–H groups in total. The van der Waals surface area contributed by atoms with E-state index in [-0.39, 0.29) is 11.0 Å². The molecule has 0 spiro atoms. The Bertz CT molecular complexity index is 916. The van der Waals surface area contributed by atoms with E-state index in [1.165, 1.54) is 36.4 Å². The SMILES string of the molecule is O=C(O)c1ccc2c(=O)c3ccc(F)cc3ccc2c1. The largest absolute Gasteiger partial charge is 0.478 e. The van der Waals surface area contributed by atoms with Crippen LogP contribution in [0, 0.1) is 5.82 Å². The molecule has 0 atom stereocenters. The first-order valence-corrected chi connectivity index (χ1v) is 5.96. The molecule has 0 saturated heterocycles. The molecule has 0 radical (unpaired) electrons. The first kappa shape index (κ1) is 12.3. The summed E-state index contributed by atoms with van der Waals surface area (Å²) in [6, 6.07) is 11.5. The summed E-state index contributed by atoms with van der Waals surface area (Å²) in [6.45, 7) is 0. The molecule has 0 fully saturated rings. The van der Waals surface area contributed by atoms with Gasteiger partial charge in [-0.25, -0.2) is 9.18 Å². The molecule has 0 amide bonds. The zero-order chi connectivity index (χ0) is 14.3. The van der Waals surface area contributed by atoms with Crippen LogP contribution in [0.2, 0.25) is 0 Å². The molecular formula is C16H9FO3. The van der Waals surface area contributed by atoms with Crippen molar-refractivity contribution in [3.63, 3.8) is 0 Å². The first-order chi connectivity index (χ1) is 9.56. The number of hydrogen-bond acceptors (Lipinski definition) is 2. The number of carboxylic acid groups (broad SMARTS) is 1. The summed E-state index contributed by atoms with van der Waals surface area (Å²) in [4.78, 5) is 23.4. The molecule has 3 rings (SSSR count). The van der Waals surface area contributed by atoms with E-state index in [1.807, 2.05) is 0 Å². The average Bonchev–Trinajstić information content (AvgIpc) is 2.56. The molecule has 0 heterocycles. The summed E-state index contributed by atoms with van der Waals surface area (Å²) in [5, 5.41) is 10.8. The summed E-state index contributed by atoms with van der Waals surface area (Å²) in [5.41, 5.74) is -0.129. The Kier molecular flexibility index (Phi) is 2.71. The van der Waals surface area contributed by atoms with Crippen LogP contribution in [0.1, 0.15) is 10.4 Å². The number of rotatable bonds is 1. The number of hydrogen-bond donors (Lipinski definition) is 1. The fourth-order valence-corrected chi connectivity index (χ4v) is 2.24.